The second-order valence-corrected chi connectivity index (χ2v) is 6.60. The molecule has 1 N–H and O–H groups in total. The number of nitrogens with zero attached hydrogens (tertiary/aromatic N) is 2. The molecule has 1 aliphatic heterocycles. The zero-order chi connectivity index (χ0) is 18.8. The summed E-state index contributed by atoms with van der Waals surface area (Å²) in [4.78, 5) is 27.7. The van der Waals surface area contributed by atoms with E-state index in [1.807, 2.05) is 0 Å². The molecule has 2 aromatic rings. The lowest BCUT2D eigenvalue weighted by Crippen LogP contribution is -2.28. The lowest BCUT2D eigenvalue weighted by Gasteiger charge is -2.10. The van der Waals surface area contributed by atoms with Crippen LogP contribution in [-0.4, -0.2) is 22.6 Å². The number of nitro groups is 1. The molecular formula is C16H10Cl3N3O4. The Morgan fingerprint density at radius 2 is 1.92 bits per heavy atom. The minimum atomic E-state index is -0.856. The Kier molecular flexibility index (Phi) is 5.31. The first-order chi connectivity index (χ1) is 12.3. The van der Waals surface area contributed by atoms with E-state index in [1.54, 1.807) is 18.2 Å². The summed E-state index contributed by atoms with van der Waals surface area (Å²) in [6.45, 7) is 0. The van der Waals surface area contributed by atoms with Crippen molar-refractivity contribution in [1.82, 2.24) is 0 Å². The van der Waals surface area contributed by atoms with Crippen LogP contribution in [0, 0.1) is 10.1 Å². The van der Waals surface area contributed by atoms with Crippen molar-refractivity contribution in [2.24, 2.45) is 5.16 Å². The largest absolute Gasteiger partial charge is 0.382 e. The van der Waals surface area contributed by atoms with Gasteiger partial charge in [-0.3, -0.25) is 14.9 Å². The van der Waals surface area contributed by atoms with Crippen LogP contribution in [0.3, 0.4) is 0 Å². The number of anilines is 1. The van der Waals surface area contributed by atoms with Gasteiger partial charge in [0.05, 0.1) is 31.4 Å². The van der Waals surface area contributed by atoms with Crippen LogP contribution < -0.4 is 5.32 Å². The Hall–Kier alpha value is -2.35. The van der Waals surface area contributed by atoms with Crippen molar-refractivity contribution < 1.29 is 14.6 Å². The molecular weight excluding hydrogens is 405 g/mol. The van der Waals surface area contributed by atoms with Crippen molar-refractivity contribution in [3.63, 3.8) is 0 Å². The molecule has 0 radical (unpaired) electrons. The molecule has 1 aliphatic rings. The summed E-state index contributed by atoms with van der Waals surface area (Å²) in [5, 5.41) is 18.0. The molecule has 0 aromatic heterocycles. The number of non-ortho nitro benzene ring substituents is 1. The molecule has 0 saturated heterocycles. The Labute approximate surface area is 162 Å². The Balaban J connectivity index is 1.67. The van der Waals surface area contributed by atoms with Gasteiger partial charge in [-0.15, -0.1) is 0 Å². The molecule has 0 unspecified atom stereocenters. The first-order valence-corrected chi connectivity index (χ1v) is 8.41. The number of amides is 1. The summed E-state index contributed by atoms with van der Waals surface area (Å²) in [7, 11) is 0. The normalized spacial score (nSPS) is 16.0. The molecule has 2 aromatic carbocycles. The van der Waals surface area contributed by atoms with E-state index < -0.39 is 16.9 Å². The summed E-state index contributed by atoms with van der Waals surface area (Å²) in [6.07, 6.45) is -0.625. The van der Waals surface area contributed by atoms with E-state index in [9.17, 15) is 14.9 Å². The van der Waals surface area contributed by atoms with Crippen LogP contribution in [-0.2, 0) is 9.63 Å². The number of halogens is 3. The van der Waals surface area contributed by atoms with E-state index >= 15 is 0 Å². The van der Waals surface area contributed by atoms with Crippen LogP contribution in [0.15, 0.2) is 41.6 Å². The fourth-order valence-electron chi connectivity index (χ4n) is 2.30. The summed E-state index contributed by atoms with van der Waals surface area (Å²) in [6, 6.07) is 8.75. The maximum absolute atomic E-state index is 12.3. The minimum absolute atomic E-state index is 0.0520. The topological polar surface area (TPSA) is 93.8 Å². The molecule has 134 valence electrons. The number of carbonyl (C=O) groups is 1. The molecule has 26 heavy (non-hydrogen) atoms. The molecule has 1 amide bonds. The van der Waals surface area contributed by atoms with Gasteiger partial charge in [0.2, 0.25) is 6.10 Å². The maximum atomic E-state index is 12.3. The van der Waals surface area contributed by atoms with Crippen molar-refractivity contribution in [3.8, 4) is 0 Å². The highest BCUT2D eigenvalue weighted by atomic mass is 35.5. The third kappa shape index (κ3) is 3.90. The molecule has 0 fully saturated rings. The third-order valence-electron chi connectivity index (χ3n) is 3.64. The predicted molar refractivity (Wildman–Crippen MR) is 99.2 cm³/mol. The predicted octanol–water partition coefficient (Wildman–Crippen LogP) is 4.69. The van der Waals surface area contributed by atoms with Gasteiger partial charge in [-0.1, -0.05) is 46.0 Å². The van der Waals surface area contributed by atoms with Crippen LogP contribution >= 0.6 is 34.8 Å². The minimum Gasteiger partial charge on any atom is -0.382 e. The Bertz CT molecular complexity index is 933. The van der Waals surface area contributed by atoms with Crippen LogP contribution in [0.5, 0.6) is 0 Å². The summed E-state index contributed by atoms with van der Waals surface area (Å²) >= 11 is 17.8. The zero-order valence-corrected chi connectivity index (χ0v) is 15.2. The van der Waals surface area contributed by atoms with Crippen LogP contribution in [0.1, 0.15) is 12.0 Å². The fourth-order valence-corrected chi connectivity index (χ4v) is 2.82. The van der Waals surface area contributed by atoms with E-state index in [2.05, 4.69) is 10.5 Å². The Morgan fingerprint density at radius 1 is 1.15 bits per heavy atom. The molecule has 0 spiro atoms. The van der Waals surface area contributed by atoms with Gasteiger partial charge in [0.1, 0.15) is 0 Å². The fraction of sp³-hybridized carbons (Fsp3) is 0.125. The van der Waals surface area contributed by atoms with E-state index in [-0.39, 0.29) is 22.8 Å². The van der Waals surface area contributed by atoms with Crippen LogP contribution in [0.25, 0.3) is 0 Å². The first kappa shape index (κ1) is 18.4. The van der Waals surface area contributed by atoms with Gasteiger partial charge in [-0.05, 0) is 18.2 Å². The monoisotopic (exact) mass is 413 g/mol. The molecule has 0 aliphatic carbocycles. The highest BCUT2D eigenvalue weighted by molar-refractivity contribution is 6.42. The summed E-state index contributed by atoms with van der Waals surface area (Å²) in [5.41, 5.74) is 1.32. The maximum Gasteiger partial charge on any atom is 0.271 e. The number of nitrogens with one attached hydrogen (secondary N) is 1. The van der Waals surface area contributed by atoms with Crippen molar-refractivity contribution in [1.29, 1.82) is 0 Å². The highest BCUT2D eigenvalue weighted by Crippen LogP contribution is 2.28. The molecule has 3 rings (SSSR count). The average molecular weight is 415 g/mol. The number of hydrogen-bond donors (Lipinski definition) is 1. The van der Waals surface area contributed by atoms with Gasteiger partial charge in [-0.2, -0.15) is 0 Å². The van der Waals surface area contributed by atoms with Gasteiger partial charge < -0.3 is 10.2 Å². The van der Waals surface area contributed by atoms with E-state index in [0.717, 1.165) is 6.07 Å². The van der Waals surface area contributed by atoms with Gasteiger partial charge in [0.15, 0.2) is 0 Å². The third-order valence-corrected chi connectivity index (χ3v) is 4.69. The van der Waals surface area contributed by atoms with Gasteiger partial charge in [0.25, 0.3) is 11.6 Å². The SMILES string of the molecule is O=C(Nc1ccc([N+](=O)[O-])cc1Cl)[C@@H]1CC(c2ccc(Cl)c(Cl)c2)=NO1. The highest BCUT2D eigenvalue weighted by Gasteiger charge is 2.29. The number of carbonyl (C=O) groups excluding carboxylic acids is 1. The standard InChI is InChI=1S/C16H10Cl3N3O4/c17-10-3-1-8(5-11(10)18)14-7-15(26-21-14)16(23)20-13-4-2-9(22(24)25)6-12(13)19/h1-6,15H,7H2,(H,20,23)/t15-/m0/s1. The number of benzene rings is 2. The molecule has 1 atom stereocenters. The molecule has 0 bridgehead atoms. The van der Waals surface area contributed by atoms with Gasteiger partial charge in [-0.25, -0.2) is 0 Å². The van der Waals surface area contributed by atoms with Crippen molar-refractivity contribution >= 4 is 57.8 Å². The number of nitro benzene ring substituents is 1. The number of oxime groups is 1. The molecule has 10 heteroatoms. The van der Waals surface area contributed by atoms with E-state index in [0.29, 0.717) is 21.3 Å². The lowest BCUT2D eigenvalue weighted by atomic mass is 10.0. The number of rotatable bonds is 4. The number of hydrogen-bond acceptors (Lipinski definition) is 5. The summed E-state index contributed by atoms with van der Waals surface area (Å²) in [5.74, 6) is -0.473. The average Bonchev–Trinajstić information content (AvgIpc) is 3.09. The second kappa shape index (κ2) is 7.49. The van der Waals surface area contributed by atoms with E-state index in [4.69, 9.17) is 39.6 Å². The smallest absolute Gasteiger partial charge is 0.271 e. The van der Waals surface area contributed by atoms with Crippen molar-refractivity contribution in [2.45, 2.75) is 12.5 Å². The zero-order valence-electron chi connectivity index (χ0n) is 12.9. The Morgan fingerprint density at radius 3 is 2.58 bits per heavy atom. The quantitative estimate of drug-likeness (QED) is 0.580. The van der Waals surface area contributed by atoms with Gasteiger partial charge >= 0.3 is 0 Å². The lowest BCUT2D eigenvalue weighted by molar-refractivity contribution is -0.384. The van der Waals surface area contributed by atoms with Crippen molar-refractivity contribution in [2.75, 3.05) is 5.32 Å². The van der Waals surface area contributed by atoms with Crippen molar-refractivity contribution in [3.05, 3.63) is 67.1 Å². The molecule has 0 saturated carbocycles. The second-order valence-electron chi connectivity index (χ2n) is 5.38. The van der Waals surface area contributed by atoms with Gasteiger partial charge in [0, 0.05) is 24.1 Å². The van der Waals surface area contributed by atoms with E-state index in [1.165, 1.54) is 12.1 Å². The van der Waals surface area contributed by atoms with Crippen LogP contribution in [0.2, 0.25) is 15.1 Å². The van der Waals surface area contributed by atoms with Crippen LogP contribution in [0.4, 0.5) is 11.4 Å². The molecule has 7 nitrogen and oxygen atoms in total. The molecule has 1 heterocycles. The first-order valence-electron chi connectivity index (χ1n) is 7.28. The summed E-state index contributed by atoms with van der Waals surface area (Å²) < 4.78 is 0.